The summed E-state index contributed by atoms with van der Waals surface area (Å²) in [5, 5.41) is 11.7. The summed E-state index contributed by atoms with van der Waals surface area (Å²) in [5.74, 6) is 1.55. The number of nitrogens with one attached hydrogen (secondary N) is 1. The highest BCUT2D eigenvalue weighted by Gasteiger charge is 2.21. The first-order valence-corrected chi connectivity index (χ1v) is 7.82. The molecule has 0 bridgehead atoms. The highest BCUT2D eigenvalue weighted by Crippen LogP contribution is 2.33. The van der Waals surface area contributed by atoms with E-state index in [0.29, 0.717) is 11.4 Å². The summed E-state index contributed by atoms with van der Waals surface area (Å²) < 4.78 is 5.89. The molecule has 1 unspecified atom stereocenters. The van der Waals surface area contributed by atoms with Gasteiger partial charge in [-0.3, -0.25) is 0 Å². The molecule has 1 aliphatic carbocycles. The van der Waals surface area contributed by atoms with Crippen molar-refractivity contribution in [1.82, 2.24) is 4.98 Å². The summed E-state index contributed by atoms with van der Waals surface area (Å²) >= 11 is 5.89. The van der Waals surface area contributed by atoms with Crippen molar-refractivity contribution < 1.29 is 9.84 Å². The Labute approximate surface area is 133 Å². The number of hydrogen-bond acceptors (Lipinski definition) is 2. The maximum absolute atomic E-state index is 9.91. The lowest BCUT2D eigenvalue weighted by Crippen LogP contribution is -2.17. The van der Waals surface area contributed by atoms with Crippen molar-refractivity contribution in [2.45, 2.75) is 25.4 Å². The van der Waals surface area contributed by atoms with Crippen molar-refractivity contribution in [3.05, 3.63) is 58.7 Å². The third kappa shape index (κ3) is 2.47. The van der Waals surface area contributed by atoms with Crippen molar-refractivity contribution in [3.8, 4) is 11.5 Å². The van der Waals surface area contributed by atoms with Crippen LogP contribution in [0.4, 0.5) is 0 Å². The molecule has 4 rings (SSSR count). The molecule has 112 valence electrons. The number of aryl methyl sites for hydroxylation is 1. The van der Waals surface area contributed by atoms with Gasteiger partial charge in [0, 0.05) is 28.0 Å². The van der Waals surface area contributed by atoms with E-state index in [1.165, 1.54) is 11.3 Å². The second-order valence-corrected chi connectivity index (χ2v) is 6.18. The van der Waals surface area contributed by atoms with Crippen LogP contribution in [0.2, 0.25) is 5.02 Å². The lowest BCUT2D eigenvalue weighted by Gasteiger charge is -2.17. The SMILES string of the molecule is OC1CCc2[nH]c3ccc(Oc4ccc(Cl)cc4)cc3c2C1. The number of ether oxygens (including phenoxy) is 1. The average Bonchev–Trinajstić information content (AvgIpc) is 2.87. The Balaban J connectivity index is 1.70. The molecule has 1 atom stereocenters. The van der Waals surface area contributed by atoms with Crippen molar-refractivity contribution in [1.29, 1.82) is 0 Å². The molecule has 0 spiro atoms. The van der Waals surface area contributed by atoms with Gasteiger partial charge in [-0.15, -0.1) is 0 Å². The standard InChI is InChI=1S/C18H16ClNO2/c19-11-1-4-13(5-2-11)22-14-6-8-18-16(10-14)15-9-12(21)3-7-17(15)20-18/h1-2,4-6,8,10,12,20-21H,3,7,9H2. The third-order valence-electron chi connectivity index (χ3n) is 4.18. The van der Waals surface area contributed by atoms with E-state index in [1.54, 1.807) is 0 Å². The van der Waals surface area contributed by atoms with E-state index < -0.39 is 0 Å². The minimum absolute atomic E-state index is 0.243. The lowest BCUT2D eigenvalue weighted by molar-refractivity contribution is 0.158. The number of fused-ring (bicyclic) bond motifs is 3. The van der Waals surface area contributed by atoms with Crippen molar-refractivity contribution in [3.63, 3.8) is 0 Å². The van der Waals surface area contributed by atoms with Gasteiger partial charge in [0.15, 0.2) is 0 Å². The van der Waals surface area contributed by atoms with Crippen LogP contribution in [-0.4, -0.2) is 16.2 Å². The fourth-order valence-corrected chi connectivity index (χ4v) is 3.21. The van der Waals surface area contributed by atoms with Crippen LogP contribution in [0.3, 0.4) is 0 Å². The van der Waals surface area contributed by atoms with Gasteiger partial charge in [-0.2, -0.15) is 0 Å². The zero-order valence-corrected chi connectivity index (χ0v) is 12.7. The number of rotatable bonds is 2. The Morgan fingerprint density at radius 3 is 2.68 bits per heavy atom. The lowest BCUT2D eigenvalue weighted by atomic mass is 9.93. The summed E-state index contributed by atoms with van der Waals surface area (Å²) in [6.45, 7) is 0. The number of benzene rings is 2. The Hall–Kier alpha value is -1.97. The van der Waals surface area contributed by atoms with Crippen molar-refractivity contribution >= 4 is 22.5 Å². The van der Waals surface area contributed by atoms with E-state index in [4.69, 9.17) is 16.3 Å². The molecule has 2 aromatic carbocycles. The van der Waals surface area contributed by atoms with Crippen LogP contribution in [0.5, 0.6) is 11.5 Å². The van der Waals surface area contributed by atoms with E-state index in [9.17, 15) is 5.11 Å². The molecule has 3 aromatic rings. The summed E-state index contributed by atoms with van der Waals surface area (Å²) in [7, 11) is 0. The molecule has 1 aromatic heterocycles. The minimum Gasteiger partial charge on any atom is -0.457 e. The normalized spacial score (nSPS) is 17.5. The van der Waals surface area contributed by atoms with Crippen molar-refractivity contribution in [2.75, 3.05) is 0 Å². The monoisotopic (exact) mass is 313 g/mol. The van der Waals surface area contributed by atoms with Crippen LogP contribution >= 0.6 is 11.6 Å². The number of aliphatic hydroxyl groups excluding tert-OH is 1. The molecule has 22 heavy (non-hydrogen) atoms. The predicted octanol–water partition coefficient (Wildman–Crippen LogP) is 4.46. The first-order valence-electron chi connectivity index (χ1n) is 7.44. The number of halogens is 1. The average molecular weight is 314 g/mol. The van der Waals surface area contributed by atoms with E-state index in [1.807, 2.05) is 42.5 Å². The van der Waals surface area contributed by atoms with Crippen LogP contribution in [0.1, 0.15) is 17.7 Å². The summed E-state index contributed by atoms with van der Waals surface area (Å²) in [4.78, 5) is 3.45. The summed E-state index contributed by atoms with van der Waals surface area (Å²) in [5.41, 5.74) is 3.56. The van der Waals surface area contributed by atoms with Gasteiger partial charge in [0.1, 0.15) is 11.5 Å². The van der Waals surface area contributed by atoms with Gasteiger partial charge < -0.3 is 14.8 Å². The van der Waals surface area contributed by atoms with Crippen LogP contribution < -0.4 is 4.74 Å². The number of H-pyrrole nitrogens is 1. The van der Waals surface area contributed by atoms with E-state index >= 15 is 0 Å². The van der Waals surface area contributed by atoms with Gasteiger partial charge in [-0.25, -0.2) is 0 Å². The van der Waals surface area contributed by atoms with E-state index in [-0.39, 0.29) is 6.10 Å². The van der Waals surface area contributed by atoms with Gasteiger partial charge in [0.2, 0.25) is 0 Å². The quantitative estimate of drug-likeness (QED) is 0.733. The molecule has 2 N–H and O–H groups in total. The molecule has 1 heterocycles. The topological polar surface area (TPSA) is 45.2 Å². The van der Waals surface area contributed by atoms with Crippen LogP contribution in [0, 0.1) is 0 Å². The molecule has 0 fully saturated rings. The van der Waals surface area contributed by atoms with Gasteiger partial charge in [0.05, 0.1) is 6.10 Å². The molecule has 0 amide bonds. The fraction of sp³-hybridized carbons (Fsp3) is 0.222. The minimum atomic E-state index is -0.243. The maximum Gasteiger partial charge on any atom is 0.128 e. The highest BCUT2D eigenvalue weighted by atomic mass is 35.5. The zero-order chi connectivity index (χ0) is 15.1. The molecule has 3 nitrogen and oxygen atoms in total. The fourth-order valence-electron chi connectivity index (χ4n) is 3.08. The van der Waals surface area contributed by atoms with Crippen molar-refractivity contribution in [2.24, 2.45) is 0 Å². The number of aliphatic hydroxyl groups is 1. The summed E-state index contributed by atoms with van der Waals surface area (Å²) in [6.07, 6.45) is 2.19. The largest absolute Gasteiger partial charge is 0.457 e. The molecule has 0 saturated carbocycles. The maximum atomic E-state index is 9.91. The first kappa shape index (κ1) is 13.7. The molecule has 4 heteroatoms. The second-order valence-electron chi connectivity index (χ2n) is 5.74. The number of aromatic nitrogens is 1. The van der Waals surface area contributed by atoms with Gasteiger partial charge in [0.25, 0.3) is 0 Å². The van der Waals surface area contributed by atoms with Gasteiger partial charge >= 0.3 is 0 Å². The van der Waals surface area contributed by atoms with Crippen LogP contribution in [0.15, 0.2) is 42.5 Å². The zero-order valence-electron chi connectivity index (χ0n) is 12.0. The van der Waals surface area contributed by atoms with E-state index in [2.05, 4.69) is 4.98 Å². The Morgan fingerprint density at radius 2 is 1.86 bits per heavy atom. The third-order valence-corrected chi connectivity index (χ3v) is 4.43. The smallest absolute Gasteiger partial charge is 0.128 e. The Bertz CT molecular complexity index is 823. The predicted molar refractivity (Wildman–Crippen MR) is 87.9 cm³/mol. The van der Waals surface area contributed by atoms with Crippen LogP contribution in [0.25, 0.3) is 10.9 Å². The number of hydrogen-bond donors (Lipinski definition) is 2. The molecular weight excluding hydrogens is 298 g/mol. The first-order chi connectivity index (χ1) is 10.7. The van der Waals surface area contributed by atoms with Gasteiger partial charge in [-0.05, 0) is 60.9 Å². The highest BCUT2D eigenvalue weighted by molar-refractivity contribution is 6.30. The molecule has 0 saturated heterocycles. The molecular formula is C18H16ClNO2. The Morgan fingerprint density at radius 1 is 1.09 bits per heavy atom. The molecule has 0 aliphatic heterocycles. The molecule has 1 aliphatic rings. The van der Waals surface area contributed by atoms with Crippen LogP contribution in [-0.2, 0) is 12.8 Å². The summed E-state index contributed by atoms with van der Waals surface area (Å²) in [6, 6.07) is 13.3. The molecule has 0 radical (unpaired) electrons. The van der Waals surface area contributed by atoms with Gasteiger partial charge in [-0.1, -0.05) is 11.6 Å². The Kier molecular flexibility index (Phi) is 3.32. The second kappa shape index (κ2) is 5.34. The van der Waals surface area contributed by atoms with E-state index in [0.717, 1.165) is 35.2 Å². The number of aromatic amines is 1.